The molecule has 1 unspecified atom stereocenters. The van der Waals surface area contributed by atoms with Crippen LogP contribution in [0.1, 0.15) is 24.5 Å². The minimum Gasteiger partial charge on any atom is -0.357 e. The summed E-state index contributed by atoms with van der Waals surface area (Å²) in [7, 11) is -2.60. The first kappa shape index (κ1) is 27.2. The van der Waals surface area contributed by atoms with Gasteiger partial charge in [-0.1, -0.05) is 72.6 Å². The molecule has 0 aliphatic rings. The third-order valence-electron chi connectivity index (χ3n) is 5.81. The standard InChI is InChI=1S/C27H30ClN3O4S/c1-4-25(27(33)29-3)30(18-21-15-13-20(2)14-16-21)26(32)19-31(23-10-8-9-22(28)17-23)36(34,35)24-11-6-5-7-12-24/h5-17,25H,4,18-19H2,1-3H3,(H,29,33). The Kier molecular flexibility index (Phi) is 9.12. The summed E-state index contributed by atoms with van der Waals surface area (Å²) in [5.41, 5.74) is 2.15. The van der Waals surface area contributed by atoms with Crippen LogP contribution in [0.5, 0.6) is 0 Å². The Hall–Kier alpha value is -3.36. The van der Waals surface area contributed by atoms with Crippen molar-refractivity contribution in [3.63, 3.8) is 0 Å². The van der Waals surface area contributed by atoms with E-state index in [1.165, 1.54) is 30.1 Å². The van der Waals surface area contributed by atoms with Gasteiger partial charge in [0.15, 0.2) is 0 Å². The molecule has 0 aliphatic heterocycles. The molecular weight excluding hydrogens is 498 g/mol. The minimum atomic E-state index is -4.11. The predicted molar refractivity (Wildman–Crippen MR) is 142 cm³/mol. The molecule has 2 amide bonds. The topological polar surface area (TPSA) is 86.8 Å². The van der Waals surface area contributed by atoms with Gasteiger partial charge in [0.25, 0.3) is 10.0 Å². The van der Waals surface area contributed by atoms with Crippen molar-refractivity contribution in [3.8, 4) is 0 Å². The molecule has 0 radical (unpaired) electrons. The van der Waals surface area contributed by atoms with E-state index in [0.29, 0.717) is 11.4 Å². The number of hydrogen-bond donors (Lipinski definition) is 1. The molecule has 1 atom stereocenters. The van der Waals surface area contributed by atoms with Crippen molar-refractivity contribution in [1.29, 1.82) is 0 Å². The summed E-state index contributed by atoms with van der Waals surface area (Å²) < 4.78 is 28.4. The SMILES string of the molecule is CCC(C(=O)NC)N(Cc1ccc(C)cc1)C(=O)CN(c1cccc(Cl)c1)S(=O)(=O)c1ccccc1. The average molecular weight is 528 g/mol. The smallest absolute Gasteiger partial charge is 0.264 e. The third-order valence-corrected chi connectivity index (χ3v) is 7.84. The number of carbonyl (C=O) groups excluding carboxylic acids is 2. The van der Waals surface area contributed by atoms with Crippen LogP contribution in [0.4, 0.5) is 5.69 Å². The van der Waals surface area contributed by atoms with Gasteiger partial charge < -0.3 is 10.2 Å². The van der Waals surface area contributed by atoms with Gasteiger partial charge in [0.05, 0.1) is 10.6 Å². The molecule has 9 heteroatoms. The lowest BCUT2D eigenvalue weighted by molar-refractivity contribution is -0.140. The number of halogens is 1. The molecule has 0 bridgehead atoms. The molecule has 0 aliphatic carbocycles. The van der Waals surface area contributed by atoms with E-state index in [-0.39, 0.29) is 23.0 Å². The van der Waals surface area contributed by atoms with Gasteiger partial charge in [-0.25, -0.2) is 8.42 Å². The van der Waals surface area contributed by atoms with Crippen LogP contribution >= 0.6 is 11.6 Å². The predicted octanol–water partition coefficient (Wildman–Crippen LogP) is 4.40. The van der Waals surface area contributed by atoms with Crippen LogP contribution in [-0.4, -0.2) is 44.8 Å². The number of sulfonamides is 1. The molecule has 0 spiro atoms. The second-order valence-corrected chi connectivity index (χ2v) is 10.6. The van der Waals surface area contributed by atoms with E-state index in [4.69, 9.17) is 11.6 Å². The normalized spacial score (nSPS) is 12.0. The number of likely N-dealkylation sites (N-methyl/N-ethyl adjacent to an activating group) is 1. The molecule has 3 aromatic rings. The maximum Gasteiger partial charge on any atom is 0.264 e. The Morgan fingerprint density at radius 1 is 0.972 bits per heavy atom. The zero-order valence-corrected chi connectivity index (χ0v) is 22.1. The Labute approximate surface area is 217 Å². The lowest BCUT2D eigenvalue weighted by Crippen LogP contribution is -2.51. The van der Waals surface area contributed by atoms with Crippen LogP contribution in [0, 0.1) is 6.92 Å². The fourth-order valence-electron chi connectivity index (χ4n) is 3.86. The second kappa shape index (κ2) is 12.1. The Bertz CT molecular complexity index is 1300. The highest BCUT2D eigenvalue weighted by Gasteiger charge is 2.33. The highest BCUT2D eigenvalue weighted by molar-refractivity contribution is 7.92. The summed E-state index contributed by atoms with van der Waals surface area (Å²) in [6.07, 6.45) is 0.361. The van der Waals surface area contributed by atoms with Crippen molar-refractivity contribution in [2.45, 2.75) is 37.8 Å². The molecule has 0 saturated heterocycles. The van der Waals surface area contributed by atoms with E-state index in [1.807, 2.05) is 38.1 Å². The fraction of sp³-hybridized carbons (Fsp3) is 0.259. The number of aryl methyl sites for hydroxylation is 1. The van der Waals surface area contributed by atoms with E-state index in [0.717, 1.165) is 15.4 Å². The van der Waals surface area contributed by atoms with Gasteiger partial charge in [0.2, 0.25) is 11.8 Å². The third kappa shape index (κ3) is 6.44. The zero-order valence-electron chi connectivity index (χ0n) is 20.5. The largest absolute Gasteiger partial charge is 0.357 e. The first-order chi connectivity index (χ1) is 17.2. The molecule has 0 aromatic heterocycles. The molecule has 1 N–H and O–H groups in total. The first-order valence-corrected chi connectivity index (χ1v) is 13.4. The maximum absolute atomic E-state index is 13.8. The van der Waals surface area contributed by atoms with E-state index < -0.39 is 28.5 Å². The number of nitrogens with zero attached hydrogens (tertiary/aromatic N) is 2. The van der Waals surface area contributed by atoms with Crippen molar-refractivity contribution in [2.75, 3.05) is 17.9 Å². The molecule has 190 valence electrons. The van der Waals surface area contributed by atoms with Gasteiger partial charge >= 0.3 is 0 Å². The molecule has 0 heterocycles. The van der Waals surface area contributed by atoms with Crippen LogP contribution in [0.25, 0.3) is 0 Å². The summed E-state index contributed by atoms with van der Waals surface area (Å²) in [5, 5.41) is 2.95. The number of benzene rings is 3. The van der Waals surface area contributed by atoms with Crippen LogP contribution in [-0.2, 0) is 26.2 Å². The van der Waals surface area contributed by atoms with Crippen molar-refractivity contribution < 1.29 is 18.0 Å². The highest BCUT2D eigenvalue weighted by Crippen LogP contribution is 2.27. The second-order valence-electron chi connectivity index (χ2n) is 8.35. The van der Waals surface area contributed by atoms with Gasteiger partial charge in [0, 0.05) is 18.6 Å². The molecule has 3 aromatic carbocycles. The number of amides is 2. The monoisotopic (exact) mass is 527 g/mol. The summed E-state index contributed by atoms with van der Waals surface area (Å²) >= 11 is 6.17. The van der Waals surface area contributed by atoms with Gasteiger partial charge in [-0.2, -0.15) is 0 Å². The Morgan fingerprint density at radius 3 is 2.22 bits per heavy atom. The van der Waals surface area contributed by atoms with Gasteiger partial charge in [-0.05, 0) is 49.2 Å². The van der Waals surface area contributed by atoms with Crippen LogP contribution < -0.4 is 9.62 Å². The summed E-state index contributed by atoms with van der Waals surface area (Å²) in [5.74, 6) is -0.830. The van der Waals surface area contributed by atoms with Gasteiger partial charge in [0.1, 0.15) is 12.6 Å². The summed E-state index contributed by atoms with van der Waals surface area (Å²) in [6, 6.07) is 21.1. The Morgan fingerprint density at radius 2 is 1.64 bits per heavy atom. The van der Waals surface area contributed by atoms with Crippen molar-refractivity contribution in [3.05, 3.63) is 95.0 Å². The maximum atomic E-state index is 13.8. The first-order valence-electron chi connectivity index (χ1n) is 11.6. The molecule has 36 heavy (non-hydrogen) atoms. The molecule has 0 saturated carbocycles. The van der Waals surface area contributed by atoms with Gasteiger partial charge in [-0.3, -0.25) is 13.9 Å². The van der Waals surface area contributed by atoms with Crippen molar-refractivity contribution in [2.24, 2.45) is 0 Å². The molecule has 0 fully saturated rings. The van der Waals surface area contributed by atoms with E-state index >= 15 is 0 Å². The van der Waals surface area contributed by atoms with E-state index in [2.05, 4.69) is 5.32 Å². The average Bonchev–Trinajstić information content (AvgIpc) is 2.88. The molecule has 7 nitrogen and oxygen atoms in total. The van der Waals surface area contributed by atoms with Crippen LogP contribution in [0.2, 0.25) is 5.02 Å². The van der Waals surface area contributed by atoms with E-state index in [1.54, 1.807) is 36.4 Å². The number of hydrogen-bond acceptors (Lipinski definition) is 4. The highest BCUT2D eigenvalue weighted by atomic mass is 35.5. The quantitative estimate of drug-likeness (QED) is 0.423. The Balaban J connectivity index is 2.04. The van der Waals surface area contributed by atoms with Crippen LogP contribution in [0.15, 0.2) is 83.8 Å². The number of anilines is 1. The van der Waals surface area contributed by atoms with Crippen LogP contribution in [0.3, 0.4) is 0 Å². The fourth-order valence-corrected chi connectivity index (χ4v) is 5.47. The summed E-state index contributed by atoms with van der Waals surface area (Å²) in [6.45, 7) is 3.42. The number of rotatable bonds is 10. The minimum absolute atomic E-state index is 0.0428. The number of nitrogens with one attached hydrogen (secondary N) is 1. The molecule has 3 rings (SSSR count). The van der Waals surface area contributed by atoms with Crippen molar-refractivity contribution >= 4 is 39.1 Å². The summed E-state index contributed by atoms with van der Waals surface area (Å²) in [4.78, 5) is 28.0. The van der Waals surface area contributed by atoms with E-state index in [9.17, 15) is 18.0 Å². The zero-order chi connectivity index (χ0) is 26.3. The van der Waals surface area contributed by atoms with Crippen molar-refractivity contribution in [1.82, 2.24) is 10.2 Å². The van der Waals surface area contributed by atoms with Gasteiger partial charge in [-0.15, -0.1) is 0 Å². The lowest BCUT2D eigenvalue weighted by atomic mass is 10.1. The lowest BCUT2D eigenvalue weighted by Gasteiger charge is -2.33. The number of carbonyl (C=O) groups is 2. The molecular formula is C27H30ClN3O4S.